The van der Waals surface area contributed by atoms with Crippen LogP contribution >= 0.6 is 0 Å². The van der Waals surface area contributed by atoms with Crippen LogP contribution in [0, 0.1) is 0 Å². The summed E-state index contributed by atoms with van der Waals surface area (Å²) in [5.41, 5.74) is 9.31. The van der Waals surface area contributed by atoms with Crippen LogP contribution in [0.25, 0.3) is 49.4 Å². The highest BCUT2D eigenvalue weighted by atomic mass is 15.0. The summed E-state index contributed by atoms with van der Waals surface area (Å²) in [6.07, 6.45) is 0. The Balaban J connectivity index is 1.58. The van der Waals surface area contributed by atoms with Crippen molar-refractivity contribution in [1.82, 2.24) is 4.57 Å². The van der Waals surface area contributed by atoms with E-state index in [1.165, 1.54) is 60.5 Å². The van der Waals surface area contributed by atoms with E-state index in [-0.39, 0.29) is 5.41 Å². The van der Waals surface area contributed by atoms with Crippen molar-refractivity contribution in [3.8, 4) is 16.8 Å². The van der Waals surface area contributed by atoms with E-state index in [2.05, 4.69) is 122 Å². The van der Waals surface area contributed by atoms with Crippen LogP contribution < -0.4 is 0 Å². The van der Waals surface area contributed by atoms with Gasteiger partial charge in [-0.05, 0) is 57.3 Å². The molecule has 0 fully saturated rings. The highest BCUT2D eigenvalue weighted by molar-refractivity contribution is 6.09. The molecular formula is C31H23N. The molecule has 0 spiro atoms. The molecule has 0 bridgehead atoms. The molecule has 1 nitrogen and oxygen atoms in total. The van der Waals surface area contributed by atoms with E-state index in [1.54, 1.807) is 0 Å². The molecule has 0 N–H and O–H groups in total. The summed E-state index contributed by atoms with van der Waals surface area (Å²) in [5, 5.41) is 5.25. The van der Waals surface area contributed by atoms with Gasteiger partial charge in [-0.2, -0.15) is 0 Å². The number of nitrogens with zero attached hydrogens (tertiary/aromatic N) is 1. The topological polar surface area (TPSA) is 4.93 Å². The normalized spacial score (nSPS) is 14.2. The molecule has 0 aliphatic heterocycles. The standard InChI is InChI=1S/C31H23N/c1-31(2)27-12-6-3-9-22(27)25-18-16-20-15-17-21(19-26(20)30(25)31)32-28-13-7-4-10-23(28)24-11-5-8-14-29(24)32/h3-19H,1-2H3. The Hall–Kier alpha value is -3.84. The lowest BCUT2D eigenvalue weighted by Crippen LogP contribution is -2.15. The second-order valence-electron chi connectivity index (χ2n) is 9.43. The number of rotatable bonds is 1. The van der Waals surface area contributed by atoms with Crippen molar-refractivity contribution in [3.63, 3.8) is 0 Å². The molecule has 0 unspecified atom stereocenters. The molecule has 6 aromatic rings. The number of fused-ring (bicyclic) bond motifs is 8. The first-order valence-corrected chi connectivity index (χ1v) is 11.3. The van der Waals surface area contributed by atoms with Gasteiger partial charge in [0.2, 0.25) is 0 Å². The third-order valence-corrected chi connectivity index (χ3v) is 7.36. The van der Waals surface area contributed by atoms with Gasteiger partial charge < -0.3 is 4.57 Å². The minimum absolute atomic E-state index is 0.0229. The zero-order valence-electron chi connectivity index (χ0n) is 18.3. The van der Waals surface area contributed by atoms with E-state index in [9.17, 15) is 0 Å². The monoisotopic (exact) mass is 409 g/mol. The predicted molar refractivity (Wildman–Crippen MR) is 136 cm³/mol. The summed E-state index contributed by atoms with van der Waals surface area (Å²) in [5.74, 6) is 0. The molecule has 0 radical (unpaired) electrons. The van der Waals surface area contributed by atoms with Crippen molar-refractivity contribution in [1.29, 1.82) is 0 Å². The van der Waals surface area contributed by atoms with Gasteiger partial charge in [0.15, 0.2) is 0 Å². The quantitative estimate of drug-likeness (QED) is 0.258. The van der Waals surface area contributed by atoms with Gasteiger partial charge in [-0.15, -0.1) is 0 Å². The number of hydrogen-bond acceptors (Lipinski definition) is 0. The summed E-state index contributed by atoms with van der Waals surface area (Å²) in [7, 11) is 0. The second kappa shape index (κ2) is 6.11. The molecule has 1 aromatic heterocycles. The number of aromatic nitrogens is 1. The zero-order chi connectivity index (χ0) is 21.4. The van der Waals surface area contributed by atoms with Gasteiger partial charge in [0, 0.05) is 21.9 Å². The van der Waals surface area contributed by atoms with Crippen LogP contribution in [0.5, 0.6) is 0 Å². The molecule has 1 heterocycles. The minimum atomic E-state index is -0.0229. The van der Waals surface area contributed by atoms with Gasteiger partial charge in [0.25, 0.3) is 0 Å². The van der Waals surface area contributed by atoms with Crippen molar-refractivity contribution in [2.24, 2.45) is 0 Å². The van der Waals surface area contributed by atoms with E-state index in [4.69, 9.17) is 0 Å². The molecule has 32 heavy (non-hydrogen) atoms. The summed E-state index contributed by atoms with van der Waals surface area (Å²) in [6.45, 7) is 4.73. The third-order valence-electron chi connectivity index (χ3n) is 7.36. The van der Waals surface area contributed by atoms with Gasteiger partial charge >= 0.3 is 0 Å². The van der Waals surface area contributed by atoms with Gasteiger partial charge in [0.1, 0.15) is 0 Å². The van der Waals surface area contributed by atoms with Gasteiger partial charge in [0.05, 0.1) is 11.0 Å². The van der Waals surface area contributed by atoms with E-state index >= 15 is 0 Å². The number of benzene rings is 5. The highest BCUT2D eigenvalue weighted by Crippen LogP contribution is 2.51. The van der Waals surface area contributed by atoms with Crippen molar-refractivity contribution in [2.45, 2.75) is 19.3 Å². The Morgan fingerprint density at radius 1 is 0.562 bits per heavy atom. The van der Waals surface area contributed by atoms with Gasteiger partial charge in [-0.1, -0.05) is 92.7 Å². The summed E-state index contributed by atoms with van der Waals surface area (Å²) >= 11 is 0. The molecule has 7 rings (SSSR count). The van der Waals surface area contributed by atoms with Crippen LogP contribution in [0.4, 0.5) is 0 Å². The average Bonchev–Trinajstić information content (AvgIpc) is 3.29. The van der Waals surface area contributed by atoms with E-state index in [0.29, 0.717) is 0 Å². The van der Waals surface area contributed by atoms with Crippen LogP contribution in [0.3, 0.4) is 0 Å². The van der Waals surface area contributed by atoms with Crippen molar-refractivity contribution < 1.29 is 0 Å². The molecule has 0 saturated carbocycles. The number of para-hydroxylation sites is 2. The molecule has 0 amide bonds. The van der Waals surface area contributed by atoms with Crippen molar-refractivity contribution in [3.05, 3.63) is 114 Å². The van der Waals surface area contributed by atoms with Crippen LogP contribution in [-0.4, -0.2) is 4.57 Å². The molecule has 0 atom stereocenters. The average molecular weight is 410 g/mol. The van der Waals surface area contributed by atoms with E-state index in [1.807, 2.05) is 0 Å². The molecule has 5 aromatic carbocycles. The van der Waals surface area contributed by atoms with Crippen molar-refractivity contribution in [2.75, 3.05) is 0 Å². The Kier molecular flexibility index (Phi) is 3.40. The summed E-state index contributed by atoms with van der Waals surface area (Å²) in [4.78, 5) is 0. The SMILES string of the molecule is CC1(C)c2ccccc2-c2ccc3ccc(-n4c5ccccc5c5ccccc54)cc3c21. The number of hydrogen-bond donors (Lipinski definition) is 0. The molecule has 1 heteroatoms. The molecule has 1 aliphatic carbocycles. The maximum atomic E-state index is 2.42. The minimum Gasteiger partial charge on any atom is -0.309 e. The Morgan fingerprint density at radius 2 is 1.19 bits per heavy atom. The third kappa shape index (κ3) is 2.18. The zero-order valence-corrected chi connectivity index (χ0v) is 18.3. The highest BCUT2D eigenvalue weighted by Gasteiger charge is 2.36. The fraction of sp³-hybridized carbons (Fsp3) is 0.0968. The molecule has 1 aliphatic rings. The van der Waals surface area contributed by atoms with E-state index < -0.39 is 0 Å². The molecule has 152 valence electrons. The molecule has 0 saturated heterocycles. The lowest BCUT2D eigenvalue weighted by Gasteiger charge is -2.23. The van der Waals surface area contributed by atoms with Gasteiger partial charge in [-0.25, -0.2) is 0 Å². The summed E-state index contributed by atoms with van der Waals surface area (Å²) in [6, 6.07) is 37.9. The first-order chi connectivity index (χ1) is 15.6. The van der Waals surface area contributed by atoms with E-state index in [0.717, 1.165) is 0 Å². The van der Waals surface area contributed by atoms with Crippen LogP contribution in [0.15, 0.2) is 103 Å². The maximum absolute atomic E-state index is 2.42. The maximum Gasteiger partial charge on any atom is 0.0541 e. The Bertz CT molecular complexity index is 1640. The first-order valence-electron chi connectivity index (χ1n) is 11.3. The fourth-order valence-corrected chi connectivity index (χ4v) is 5.94. The van der Waals surface area contributed by atoms with Crippen LogP contribution in [-0.2, 0) is 5.41 Å². The fourth-order valence-electron chi connectivity index (χ4n) is 5.94. The molecular weight excluding hydrogens is 386 g/mol. The van der Waals surface area contributed by atoms with Crippen molar-refractivity contribution >= 4 is 32.6 Å². The lowest BCUT2D eigenvalue weighted by atomic mass is 9.80. The van der Waals surface area contributed by atoms with Gasteiger partial charge in [-0.3, -0.25) is 0 Å². The second-order valence-corrected chi connectivity index (χ2v) is 9.43. The Morgan fingerprint density at radius 3 is 1.94 bits per heavy atom. The lowest BCUT2D eigenvalue weighted by molar-refractivity contribution is 0.666. The van der Waals surface area contributed by atoms with Crippen LogP contribution in [0.1, 0.15) is 25.0 Å². The largest absolute Gasteiger partial charge is 0.309 e. The predicted octanol–water partition coefficient (Wildman–Crippen LogP) is 8.24. The summed E-state index contributed by atoms with van der Waals surface area (Å²) < 4.78 is 2.42. The van der Waals surface area contributed by atoms with Crippen LogP contribution in [0.2, 0.25) is 0 Å². The smallest absolute Gasteiger partial charge is 0.0541 e. The Labute approximate surface area is 187 Å². The first kappa shape index (κ1) is 17.8.